The van der Waals surface area contributed by atoms with Crippen LogP contribution in [-0.4, -0.2) is 40.6 Å². The van der Waals surface area contributed by atoms with E-state index in [0.717, 1.165) is 48.2 Å². The zero-order valence-corrected chi connectivity index (χ0v) is 13.7. The monoisotopic (exact) mass is 336 g/mol. The van der Waals surface area contributed by atoms with E-state index < -0.39 is 0 Å². The van der Waals surface area contributed by atoms with E-state index in [1.807, 2.05) is 29.2 Å². The molecule has 0 aliphatic carbocycles. The number of nitrogens with zero attached hydrogens (tertiary/aromatic N) is 3. The maximum Gasteiger partial charge on any atom is 0.222 e. The van der Waals surface area contributed by atoms with Gasteiger partial charge in [0.1, 0.15) is 0 Å². The Hall–Kier alpha value is -1.66. The minimum absolute atomic E-state index is 0.275. The lowest BCUT2D eigenvalue weighted by Gasteiger charge is -2.14. The molecule has 1 aromatic heterocycles. The minimum Gasteiger partial charge on any atom is -0.360 e. The van der Waals surface area contributed by atoms with E-state index in [1.165, 1.54) is 11.3 Å². The van der Waals surface area contributed by atoms with Gasteiger partial charge in [0.05, 0.1) is 5.02 Å². The fraction of sp³-hybridized carbons (Fsp3) is 0.400. The number of amides is 1. The molecule has 0 saturated carbocycles. The highest BCUT2D eigenvalue weighted by molar-refractivity contribution is 7.18. The van der Waals surface area contributed by atoms with Gasteiger partial charge in [0.25, 0.3) is 0 Å². The van der Waals surface area contributed by atoms with Crippen molar-refractivity contribution in [1.29, 1.82) is 0 Å². The predicted octanol–water partition coefficient (Wildman–Crippen LogP) is 3.28. The Morgan fingerprint density at radius 3 is 2.95 bits per heavy atom. The van der Waals surface area contributed by atoms with Gasteiger partial charge < -0.3 is 10.2 Å². The first-order valence-corrected chi connectivity index (χ1v) is 8.53. The Kier molecular flexibility index (Phi) is 4.90. The molecule has 22 heavy (non-hydrogen) atoms. The summed E-state index contributed by atoms with van der Waals surface area (Å²) in [6, 6.07) is 7.61. The topological polar surface area (TPSA) is 58.1 Å². The molecule has 7 heteroatoms. The molecule has 116 valence electrons. The molecule has 1 N–H and O–H groups in total. The Balaban J connectivity index is 1.50. The molecule has 0 radical (unpaired) electrons. The lowest BCUT2D eigenvalue weighted by molar-refractivity contribution is -0.127. The van der Waals surface area contributed by atoms with E-state index in [2.05, 4.69) is 15.5 Å². The normalized spacial score (nSPS) is 14.6. The molecule has 0 bridgehead atoms. The molecule has 0 spiro atoms. The molecular weight excluding hydrogens is 320 g/mol. The largest absolute Gasteiger partial charge is 0.360 e. The summed E-state index contributed by atoms with van der Waals surface area (Å²) < 4.78 is 0. The summed E-state index contributed by atoms with van der Waals surface area (Å²) >= 11 is 7.65. The SMILES string of the molecule is O=C1CCCN1CCCNc1nnc(-c2ccccc2Cl)s1. The van der Waals surface area contributed by atoms with Crippen molar-refractivity contribution in [3.63, 3.8) is 0 Å². The van der Waals surface area contributed by atoms with Gasteiger partial charge in [0.2, 0.25) is 11.0 Å². The summed E-state index contributed by atoms with van der Waals surface area (Å²) in [7, 11) is 0. The van der Waals surface area contributed by atoms with Crippen LogP contribution in [0.15, 0.2) is 24.3 Å². The Morgan fingerprint density at radius 1 is 1.32 bits per heavy atom. The van der Waals surface area contributed by atoms with E-state index >= 15 is 0 Å². The Labute approximate surface area is 138 Å². The average Bonchev–Trinajstić information content (AvgIpc) is 3.14. The second-order valence-electron chi connectivity index (χ2n) is 5.16. The zero-order valence-electron chi connectivity index (χ0n) is 12.1. The molecule has 0 unspecified atom stereocenters. The maximum atomic E-state index is 11.5. The van der Waals surface area contributed by atoms with E-state index in [-0.39, 0.29) is 5.91 Å². The molecule has 2 heterocycles. The molecule has 1 amide bonds. The van der Waals surface area contributed by atoms with E-state index in [1.54, 1.807) is 0 Å². The number of halogens is 1. The minimum atomic E-state index is 0.275. The lowest BCUT2D eigenvalue weighted by Crippen LogP contribution is -2.26. The summed E-state index contributed by atoms with van der Waals surface area (Å²) in [4.78, 5) is 13.4. The van der Waals surface area contributed by atoms with Gasteiger partial charge in [0.15, 0.2) is 5.01 Å². The van der Waals surface area contributed by atoms with Crippen molar-refractivity contribution in [1.82, 2.24) is 15.1 Å². The highest BCUT2D eigenvalue weighted by Gasteiger charge is 2.19. The average molecular weight is 337 g/mol. The summed E-state index contributed by atoms with van der Waals surface area (Å²) in [5, 5.41) is 13.8. The van der Waals surface area contributed by atoms with Gasteiger partial charge in [0, 0.05) is 31.6 Å². The number of likely N-dealkylation sites (tertiary alicyclic amines) is 1. The van der Waals surface area contributed by atoms with E-state index in [9.17, 15) is 4.79 Å². The lowest BCUT2D eigenvalue weighted by atomic mass is 10.2. The molecular formula is C15H17ClN4OS. The highest BCUT2D eigenvalue weighted by Crippen LogP contribution is 2.31. The van der Waals surface area contributed by atoms with Crippen molar-refractivity contribution < 1.29 is 4.79 Å². The summed E-state index contributed by atoms with van der Waals surface area (Å²) in [5.74, 6) is 0.275. The number of carbonyl (C=O) groups excluding carboxylic acids is 1. The molecule has 5 nitrogen and oxygen atoms in total. The fourth-order valence-corrected chi connectivity index (χ4v) is 3.53. The van der Waals surface area contributed by atoms with Gasteiger partial charge in [-0.3, -0.25) is 4.79 Å². The number of benzene rings is 1. The van der Waals surface area contributed by atoms with Gasteiger partial charge in [-0.15, -0.1) is 10.2 Å². The number of carbonyl (C=O) groups is 1. The van der Waals surface area contributed by atoms with Crippen molar-refractivity contribution in [2.24, 2.45) is 0 Å². The molecule has 1 aliphatic rings. The van der Waals surface area contributed by atoms with Gasteiger partial charge >= 0.3 is 0 Å². The number of hydrogen-bond acceptors (Lipinski definition) is 5. The van der Waals surface area contributed by atoms with Crippen LogP contribution >= 0.6 is 22.9 Å². The van der Waals surface area contributed by atoms with Crippen molar-refractivity contribution >= 4 is 34.0 Å². The quantitative estimate of drug-likeness (QED) is 0.822. The second-order valence-corrected chi connectivity index (χ2v) is 6.54. The first-order valence-electron chi connectivity index (χ1n) is 7.34. The molecule has 1 aliphatic heterocycles. The van der Waals surface area contributed by atoms with Gasteiger partial charge in [-0.1, -0.05) is 41.1 Å². The number of aromatic nitrogens is 2. The third kappa shape index (κ3) is 3.56. The first-order chi connectivity index (χ1) is 10.7. The van der Waals surface area contributed by atoms with Gasteiger partial charge in [-0.25, -0.2) is 0 Å². The van der Waals surface area contributed by atoms with E-state index in [0.29, 0.717) is 11.4 Å². The third-order valence-electron chi connectivity index (χ3n) is 3.58. The molecule has 1 saturated heterocycles. The van der Waals surface area contributed by atoms with Crippen LogP contribution in [0.1, 0.15) is 19.3 Å². The molecule has 1 aromatic carbocycles. The van der Waals surface area contributed by atoms with Crippen LogP contribution in [0.5, 0.6) is 0 Å². The van der Waals surface area contributed by atoms with Crippen LogP contribution in [-0.2, 0) is 4.79 Å². The van der Waals surface area contributed by atoms with Crippen molar-refractivity contribution in [3.05, 3.63) is 29.3 Å². The number of nitrogens with one attached hydrogen (secondary N) is 1. The number of hydrogen-bond donors (Lipinski definition) is 1. The van der Waals surface area contributed by atoms with Crippen LogP contribution in [0.4, 0.5) is 5.13 Å². The maximum absolute atomic E-state index is 11.5. The molecule has 2 aromatic rings. The predicted molar refractivity (Wildman–Crippen MR) is 89.3 cm³/mol. The molecule has 3 rings (SSSR count). The third-order valence-corrected chi connectivity index (χ3v) is 4.83. The van der Waals surface area contributed by atoms with E-state index in [4.69, 9.17) is 11.6 Å². The zero-order chi connectivity index (χ0) is 15.4. The highest BCUT2D eigenvalue weighted by atomic mass is 35.5. The fourth-order valence-electron chi connectivity index (χ4n) is 2.44. The first kappa shape index (κ1) is 15.2. The summed E-state index contributed by atoms with van der Waals surface area (Å²) in [6.45, 7) is 2.48. The van der Waals surface area contributed by atoms with Crippen LogP contribution < -0.4 is 5.32 Å². The number of rotatable bonds is 6. The summed E-state index contributed by atoms with van der Waals surface area (Å²) in [6.07, 6.45) is 2.60. The van der Waals surface area contributed by atoms with Crippen molar-refractivity contribution in [2.45, 2.75) is 19.3 Å². The van der Waals surface area contributed by atoms with Crippen LogP contribution in [0.25, 0.3) is 10.6 Å². The summed E-state index contributed by atoms with van der Waals surface area (Å²) in [5.41, 5.74) is 0.900. The van der Waals surface area contributed by atoms with Gasteiger partial charge in [-0.05, 0) is 18.9 Å². The Bertz CT molecular complexity index is 660. The van der Waals surface area contributed by atoms with Crippen molar-refractivity contribution in [3.8, 4) is 10.6 Å². The van der Waals surface area contributed by atoms with Crippen LogP contribution in [0.3, 0.4) is 0 Å². The smallest absolute Gasteiger partial charge is 0.222 e. The van der Waals surface area contributed by atoms with Gasteiger partial charge in [-0.2, -0.15) is 0 Å². The standard InChI is InChI=1S/C15H17ClN4OS/c16-12-6-2-1-5-11(12)14-18-19-15(22-14)17-8-4-10-20-9-3-7-13(20)21/h1-2,5-6H,3-4,7-10H2,(H,17,19). The molecule has 1 fully saturated rings. The molecule has 0 atom stereocenters. The van der Waals surface area contributed by atoms with Crippen molar-refractivity contribution in [2.75, 3.05) is 25.0 Å². The van der Waals surface area contributed by atoms with Crippen LogP contribution in [0.2, 0.25) is 5.02 Å². The Morgan fingerprint density at radius 2 is 2.18 bits per heavy atom. The van der Waals surface area contributed by atoms with Crippen LogP contribution in [0, 0.1) is 0 Å². The second kappa shape index (κ2) is 7.07. The number of anilines is 1.